The highest BCUT2D eigenvalue weighted by Crippen LogP contribution is 2.46. The van der Waals surface area contributed by atoms with E-state index in [1.165, 1.54) is 0 Å². The molecule has 2 aromatic carbocycles. The van der Waals surface area contributed by atoms with Crippen LogP contribution < -0.4 is 20.7 Å². The Balaban J connectivity index is 1.44. The summed E-state index contributed by atoms with van der Waals surface area (Å²) in [6.07, 6.45) is -4.13. The van der Waals surface area contributed by atoms with Gasteiger partial charge in [0.1, 0.15) is 29.9 Å². The quantitative estimate of drug-likeness (QED) is 0.257. The van der Waals surface area contributed by atoms with E-state index < -0.39 is 40.6 Å². The summed E-state index contributed by atoms with van der Waals surface area (Å²) in [4.78, 5) is 16.8. The highest BCUT2D eigenvalue weighted by Gasteiger charge is 2.49. The molecule has 0 spiro atoms. The Morgan fingerprint density at radius 1 is 1.13 bits per heavy atom. The van der Waals surface area contributed by atoms with Crippen molar-refractivity contribution in [3.8, 4) is 17.1 Å². The van der Waals surface area contributed by atoms with E-state index in [-0.39, 0.29) is 68.8 Å². The van der Waals surface area contributed by atoms with Crippen molar-refractivity contribution in [2.75, 3.05) is 43.4 Å². The fourth-order valence-corrected chi connectivity index (χ4v) is 7.88. The van der Waals surface area contributed by atoms with Crippen LogP contribution in [0.15, 0.2) is 18.2 Å². The zero-order valence-corrected chi connectivity index (χ0v) is 25.3. The Bertz CT molecular complexity index is 1800. The smallest absolute Gasteiger partial charge is 0.417 e. The van der Waals surface area contributed by atoms with Crippen molar-refractivity contribution in [3.05, 3.63) is 35.4 Å². The Kier molecular flexibility index (Phi) is 7.28. The number of fused-ring (bicyclic) bond motifs is 3. The van der Waals surface area contributed by atoms with Gasteiger partial charge in [0, 0.05) is 54.7 Å². The molecule has 4 atom stereocenters. The topological polar surface area (TPSA) is 92.4 Å². The molecule has 0 radical (unpaired) electrons. The van der Waals surface area contributed by atoms with Crippen molar-refractivity contribution in [1.29, 1.82) is 0 Å². The predicted octanol–water partition coefficient (Wildman–Crippen LogP) is 5.93. The minimum atomic E-state index is -5.00. The molecule has 8 nitrogen and oxygen atoms in total. The molecule has 0 aliphatic carbocycles. The van der Waals surface area contributed by atoms with Gasteiger partial charge in [-0.2, -0.15) is 23.1 Å². The van der Waals surface area contributed by atoms with E-state index in [2.05, 4.69) is 20.3 Å². The molecule has 0 unspecified atom stereocenters. The molecule has 0 bridgehead atoms. The third kappa shape index (κ3) is 5.12. The molecular weight excluding hydrogens is 620 g/mol. The van der Waals surface area contributed by atoms with Gasteiger partial charge in [-0.15, -0.1) is 0 Å². The molecule has 2 aromatic heterocycles. The van der Waals surface area contributed by atoms with Gasteiger partial charge in [0.2, 0.25) is 0 Å². The van der Waals surface area contributed by atoms with Crippen LogP contribution in [0.25, 0.3) is 32.2 Å². The molecule has 4 aromatic rings. The Morgan fingerprint density at radius 3 is 2.71 bits per heavy atom. The van der Waals surface area contributed by atoms with Crippen LogP contribution >= 0.6 is 11.3 Å². The minimum Gasteiger partial charge on any atom is -0.461 e. The first kappa shape index (κ1) is 30.2. The fraction of sp³-hybridized carbons (Fsp3) is 0.500. The number of rotatable bonds is 5. The maximum Gasteiger partial charge on any atom is 0.417 e. The van der Waals surface area contributed by atoms with E-state index >= 15 is 4.39 Å². The summed E-state index contributed by atoms with van der Waals surface area (Å²) in [6.45, 7) is 5.81. The van der Waals surface area contributed by atoms with Crippen molar-refractivity contribution < 1.29 is 31.1 Å². The summed E-state index contributed by atoms with van der Waals surface area (Å²) in [6, 6.07) is 2.43. The first-order chi connectivity index (χ1) is 21.3. The standard InChI is InChI=1S/C30H31F6N7OS/c1-14-11-43(15(2)10-38-14)26-18-8-19(30(34,35)36)21(17-4-5-20(32)25-24(17)39-27(37)45-25)22(33)23(18)40-28(41-26)44-13-29-6-3-7-42(29)12-16(31)9-29/h4-5,8,14-16,38H,3,6-7,9-13H2,1-2H3,(H2,37,39)/t14-,15+,16+,29+/m1/s1. The summed E-state index contributed by atoms with van der Waals surface area (Å²) in [5, 5.41) is 3.11. The second-order valence-corrected chi connectivity index (χ2v) is 13.4. The first-order valence-electron chi connectivity index (χ1n) is 14.8. The summed E-state index contributed by atoms with van der Waals surface area (Å²) >= 11 is 0.759. The lowest BCUT2D eigenvalue weighted by molar-refractivity contribution is -0.137. The number of thiazole rings is 1. The lowest BCUT2D eigenvalue weighted by atomic mass is 9.94. The molecule has 45 heavy (non-hydrogen) atoms. The second-order valence-electron chi connectivity index (χ2n) is 12.3. The molecule has 15 heteroatoms. The largest absolute Gasteiger partial charge is 0.461 e. The number of hydrogen-bond acceptors (Lipinski definition) is 9. The van der Waals surface area contributed by atoms with Gasteiger partial charge >= 0.3 is 12.2 Å². The van der Waals surface area contributed by atoms with Crippen LogP contribution in [0, 0.1) is 11.6 Å². The molecular formula is C30H31F6N7OS. The third-order valence-corrected chi connectivity index (χ3v) is 10.1. The molecule has 5 heterocycles. The summed E-state index contributed by atoms with van der Waals surface area (Å²) in [5.41, 5.74) is 2.31. The zero-order valence-electron chi connectivity index (χ0n) is 24.5. The first-order valence-corrected chi connectivity index (χ1v) is 15.6. The number of halogens is 6. The number of anilines is 2. The van der Waals surface area contributed by atoms with Gasteiger partial charge in [0.05, 0.1) is 21.3 Å². The number of hydrogen-bond donors (Lipinski definition) is 2. The Hall–Kier alpha value is -3.43. The highest BCUT2D eigenvalue weighted by molar-refractivity contribution is 7.22. The van der Waals surface area contributed by atoms with E-state index in [0.717, 1.165) is 42.5 Å². The molecule has 3 fully saturated rings. The SMILES string of the molecule is C[C@@H]1CN(c2nc(OC[C@@]34CCCN3C[C@@H](F)C4)nc3c(F)c(-c4ccc(F)c5sc(N)nc45)c(C(F)(F)F)cc23)[C@@H](C)CN1. The van der Waals surface area contributed by atoms with Gasteiger partial charge in [-0.25, -0.2) is 18.2 Å². The molecule has 7 rings (SSSR count). The number of nitrogens with two attached hydrogens (primary N) is 1. The number of piperazine rings is 1. The molecule has 0 saturated carbocycles. The van der Waals surface area contributed by atoms with Crippen LogP contribution in [-0.4, -0.2) is 76.4 Å². The van der Waals surface area contributed by atoms with Crippen LogP contribution in [0.3, 0.4) is 0 Å². The number of nitrogen functional groups attached to an aromatic ring is 1. The van der Waals surface area contributed by atoms with Crippen LogP contribution in [0.4, 0.5) is 37.3 Å². The Labute approximate surface area is 258 Å². The highest BCUT2D eigenvalue weighted by atomic mass is 32.1. The predicted molar refractivity (Wildman–Crippen MR) is 160 cm³/mol. The molecule has 3 aliphatic rings. The molecule has 0 amide bonds. The van der Waals surface area contributed by atoms with Gasteiger partial charge in [-0.3, -0.25) is 4.90 Å². The number of aromatic nitrogens is 3. The van der Waals surface area contributed by atoms with E-state index in [1.807, 2.05) is 23.6 Å². The lowest BCUT2D eigenvalue weighted by Gasteiger charge is -2.39. The van der Waals surface area contributed by atoms with E-state index in [1.54, 1.807) is 0 Å². The van der Waals surface area contributed by atoms with Crippen LogP contribution in [-0.2, 0) is 6.18 Å². The number of alkyl halides is 4. The molecule has 240 valence electrons. The average molecular weight is 652 g/mol. The van der Waals surface area contributed by atoms with Gasteiger partial charge in [-0.05, 0) is 51.4 Å². The second kappa shape index (κ2) is 10.8. The van der Waals surface area contributed by atoms with Crippen LogP contribution in [0.2, 0.25) is 0 Å². The number of nitrogens with one attached hydrogen (secondary N) is 1. The summed E-state index contributed by atoms with van der Waals surface area (Å²) in [5.74, 6) is -1.90. The fourth-order valence-electron chi connectivity index (χ4n) is 7.12. The maximum absolute atomic E-state index is 16.8. The van der Waals surface area contributed by atoms with E-state index in [4.69, 9.17) is 10.5 Å². The molecule has 3 N–H and O–H groups in total. The van der Waals surface area contributed by atoms with Crippen molar-refractivity contribution in [2.45, 2.75) is 63.1 Å². The van der Waals surface area contributed by atoms with Gasteiger partial charge in [-0.1, -0.05) is 11.3 Å². The summed E-state index contributed by atoms with van der Waals surface area (Å²) in [7, 11) is 0. The average Bonchev–Trinajstić information content (AvgIpc) is 3.65. The Morgan fingerprint density at radius 2 is 1.93 bits per heavy atom. The van der Waals surface area contributed by atoms with Gasteiger partial charge < -0.3 is 20.7 Å². The normalized spacial score (nSPS) is 25.9. The zero-order chi connectivity index (χ0) is 31.8. The van der Waals surface area contributed by atoms with Crippen LogP contribution in [0.1, 0.15) is 38.7 Å². The molecule has 3 aliphatic heterocycles. The summed E-state index contributed by atoms with van der Waals surface area (Å²) < 4.78 is 96.1. The van der Waals surface area contributed by atoms with E-state index in [0.29, 0.717) is 26.1 Å². The van der Waals surface area contributed by atoms with Gasteiger partial charge in [0.15, 0.2) is 10.9 Å². The van der Waals surface area contributed by atoms with Gasteiger partial charge in [0.25, 0.3) is 0 Å². The van der Waals surface area contributed by atoms with E-state index in [9.17, 15) is 22.0 Å². The minimum absolute atomic E-state index is 0.0321. The number of nitrogens with zero attached hydrogens (tertiary/aromatic N) is 5. The third-order valence-electron chi connectivity index (χ3n) is 9.24. The van der Waals surface area contributed by atoms with Crippen molar-refractivity contribution in [1.82, 2.24) is 25.2 Å². The lowest BCUT2D eigenvalue weighted by Crippen LogP contribution is -2.54. The number of ether oxygens (including phenoxy) is 1. The van der Waals surface area contributed by atoms with Crippen molar-refractivity contribution >= 4 is 43.4 Å². The number of benzene rings is 2. The van der Waals surface area contributed by atoms with Crippen LogP contribution in [0.5, 0.6) is 6.01 Å². The monoisotopic (exact) mass is 651 g/mol. The van der Waals surface area contributed by atoms with Crippen molar-refractivity contribution in [3.63, 3.8) is 0 Å². The maximum atomic E-state index is 16.8. The van der Waals surface area contributed by atoms with Crippen molar-refractivity contribution in [2.24, 2.45) is 0 Å². The molecule has 3 saturated heterocycles.